The summed E-state index contributed by atoms with van der Waals surface area (Å²) >= 11 is 0. The Hall–Kier alpha value is -3.72. The maximum absolute atomic E-state index is 12.8. The average Bonchev–Trinajstić information content (AvgIpc) is 3.16. The zero-order valence-electron chi connectivity index (χ0n) is 16.9. The third-order valence-corrected chi connectivity index (χ3v) is 6.74. The molecule has 2 aromatic heterocycles. The number of phenols is 1. The summed E-state index contributed by atoms with van der Waals surface area (Å²) in [6.07, 6.45) is 1.41. The minimum atomic E-state index is -3.48. The molecule has 31 heavy (non-hydrogen) atoms. The third kappa shape index (κ3) is 3.87. The molecule has 2 N–H and O–H groups in total. The standard InChI is InChI=1S/C22H20N4O4S/c1-3-31(29,30)16-9-10-20(27)19(12-16)25-22(28)17-13-23-26(14(17)2)21-11-8-15-6-4-5-7-18(15)24-21/h4-13,27H,3H2,1-2H3,(H,25,28). The molecule has 0 spiro atoms. The van der Waals surface area contributed by atoms with E-state index in [2.05, 4.69) is 15.4 Å². The van der Waals surface area contributed by atoms with Crippen LogP contribution in [0.1, 0.15) is 23.0 Å². The largest absolute Gasteiger partial charge is 0.506 e. The van der Waals surface area contributed by atoms with Crippen LogP contribution in [0.15, 0.2) is 65.7 Å². The molecule has 1 amide bonds. The van der Waals surface area contributed by atoms with E-state index in [4.69, 9.17) is 0 Å². The molecule has 0 aliphatic rings. The molecule has 0 fully saturated rings. The van der Waals surface area contributed by atoms with Gasteiger partial charge < -0.3 is 10.4 Å². The Morgan fingerprint density at radius 1 is 1.13 bits per heavy atom. The highest BCUT2D eigenvalue weighted by atomic mass is 32.2. The van der Waals surface area contributed by atoms with Gasteiger partial charge in [-0.3, -0.25) is 4.79 Å². The van der Waals surface area contributed by atoms with Crippen molar-refractivity contribution in [2.75, 3.05) is 11.1 Å². The normalized spacial score (nSPS) is 11.5. The first kappa shape index (κ1) is 20.5. The van der Waals surface area contributed by atoms with Gasteiger partial charge in [-0.25, -0.2) is 18.1 Å². The fourth-order valence-electron chi connectivity index (χ4n) is 3.20. The Morgan fingerprint density at radius 3 is 2.68 bits per heavy atom. The topological polar surface area (TPSA) is 114 Å². The van der Waals surface area contributed by atoms with Crippen molar-refractivity contribution in [1.82, 2.24) is 14.8 Å². The van der Waals surface area contributed by atoms with E-state index in [9.17, 15) is 18.3 Å². The van der Waals surface area contributed by atoms with Gasteiger partial charge in [-0.15, -0.1) is 0 Å². The molecule has 0 saturated heterocycles. The van der Waals surface area contributed by atoms with Crippen molar-refractivity contribution in [1.29, 1.82) is 0 Å². The number of anilines is 1. The lowest BCUT2D eigenvalue weighted by Crippen LogP contribution is -2.14. The van der Waals surface area contributed by atoms with Gasteiger partial charge >= 0.3 is 0 Å². The van der Waals surface area contributed by atoms with Gasteiger partial charge in [-0.05, 0) is 43.3 Å². The molecule has 0 aliphatic heterocycles. The van der Waals surface area contributed by atoms with Gasteiger partial charge in [0.05, 0.1) is 39.3 Å². The number of aromatic hydroxyl groups is 1. The quantitative estimate of drug-likeness (QED) is 0.463. The van der Waals surface area contributed by atoms with Gasteiger partial charge in [0.1, 0.15) is 5.75 Å². The summed E-state index contributed by atoms with van der Waals surface area (Å²) in [7, 11) is -3.48. The van der Waals surface area contributed by atoms with Gasteiger partial charge in [0, 0.05) is 5.39 Å². The summed E-state index contributed by atoms with van der Waals surface area (Å²) in [5.74, 6) is -0.278. The van der Waals surface area contributed by atoms with Crippen LogP contribution in [0.5, 0.6) is 5.75 Å². The van der Waals surface area contributed by atoms with Crippen molar-refractivity contribution < 1.29 is 18.3 Å². The molecule has 4 rings (SSSR count). The molecule has 2 heterocycles. The van der Waals surface area contributed by atoms with Crippen molar-refractivity contribution in [2.24, 2.45) is 0 Å². The fraction of sp³-hybridized carbons (Fsp3) is 0.136. The summed E-state index contributed by atoms with van der Waals surface area (Å²) in [4.78, 5) is 17.4. The summed E-state index contributed by atoms with van der Waals surface area (Å²) in [6, 6.07) is 15.2. The second-order valence-corrected chi connectivity index (χ2v) is 9.23. The molecule has 8 nitrogen and oxygen atoms in total. The van der Waals surface area contributed by atoms with Crippen molar-refractivity contribution in [2.45, 2.75) is 18.7 Å². The highest BCUT2D eigenvalue weighted by Gasteiger charge is 2.19. The van der Waals surface area contributed by atoms with Crippen molar-refractivity contribution in [3.63, 3.8) is 0 Å². The molecular weight excluding hydrogens is 416 g/mol. The zero-order chi connectivity index (χ0) is 22.2. The molecular formula is C22H20N4O4S. The SMILES string of the molecule is CCS(=O)(=O)c1ccc(O)c(NC(=O)c2cnn(-c3ccc4ccccc4n3)c2C)c1. The van der Waals surface area contributed by atoms with E-state index in [0.717, 1.165) is 10.9 Å². The van der Waals surface area contributed by atoms with Crippen LogP contribution in [0.25, 0.3) is 16.7 Å². The lowest BCUT2D eigenvalue weighted by atomic mass is 10.2. The summed E-state index contributed by atoms with van der Waals surface area (Å²) in [6.45, 7) is 3.26. The molecule has 9 heteroatoms. The van der Waals surface area contributed by atoms with Crippen LogP contribution < -0.4 is 5.32 Å². The van der Waals surface area contributed by atoms with Crippen LogP contribution in [0, 0.1) is 6.92 Å². The number of nitrogens with zero attached hydrogens (tertiary/aromatic N) is 3. The molecule has 4 aromatic rings. The number of hydrogen-bond acceptors (Lipinski definition) is 6. The van der Waals surface area contributed by atoms with E-state index in [-0.39, 0.29) is 27.6 Å². The Kier molecular flexibility index (Phi) is 5.20. The van der Waals surface area contributed by atoms with E-state index in [1.54, 1.807) is 11.6 Å². The number of rotatable bonds is 5. The monoisotopic (exact) mass is 436 g/mol. The van der Waals surface area contributed by atoms with Gasteiger partial charge in [0.25, 0.3) is 5.91 Å². The third-order valence-electron chi connectivity index (χ3n) is 5.01. The second kappa shape index (κ2) is 7.84. The molecule has 2 aromatic carbocycles. The van der Waals surface area contributed by atoms with Gasteiger partial charge in [-0.1, -0.05) is 25.1 Å². The summed E-state index contributed by atoms with van der Waals surface area (Å²) in [5.41, 5.74) is 1.64. The molecule has 0 atom stereocenters. The number of fused-ring (bicyclic) bond motifs is 1. The zero-order valence-corrected chi connectivity index (χ0v) is 17.7. The van der Waals surface area contributed by atoms with Gasteiger partial charge in [-0.2, -0.15) is 5.10 Å². The molecule has 0 saturated carbocycles. The predicted molar refractivity (Wildman–Crippen MR) is 117 cm³/mol. The Labute approximate surface area is 179 Å². The van der Waals surface area contributed by atoms with Crippen LogP contribution in [0.4, 0.5) is 5.69 Å². The maximum atomic E-state index is 12.8. The summed E-state index contributed by atoms with van der Waals surface area (Å²) in [5, 5.41) is 17.9. The van der Waals surface area contributed by atoms with E-state index >= 15 is 0 Å². The van der Waals surface area contributed by atoms with E-state index in [0.29, 0.717) is 11.5 Å². The number of para-hydroxylation sites is 1. The second-order valence-electron chi connectivity index (χ2n) is 6.95. The predicted octanol–water partition coefficient (Wildman–Crippen LogP) is 3.48. The van der Waals surface area contributed by atoms with E-state index < -0.39 is 15.7 Å². The van der Waals surface area contributed by atoms with Crippen LogP contribution in [0.2, 0.25) is 0 Å². The number of nitrogens with one attached hydrogen (secondary N) is 1. The smallest absolute Gasteiger partial charge is 0.259 e. The van der Waals surface area contributed by atoms with Crippen molar-refractivity contribution in [3.8, 4) is 11.6 Å². The Bertz CT molecular complexity index is 1410. The minimum absolute atomic E-state index is 0.00973. The average molecular weight is 436 g/mol. The highest BCUT2D eigenvalue weighted by Crippen LogP contribution is 2.28. The molecule has 0 bridgehead atoms. The number of phenolic OH excluding ortho intramolecular Hbond substituents is 1. The number of hydrogen-bond donors (Lipinski definition) is 2. The fourth-order valence-corrected chi connectivity index (χ4v) is 4.11. The first-order valence-electron chi connectivity index (χ1n) is 9.58. The maximum Gasteiger partial charge on any atom is 0.259 e. The van der Waals surface area contributed by atoms with Crippen LogP contribution in [-0.4, -0.2) is 39.9 Å². The molecule has 0 radical (unpaired) electrons. The Balaban J connectivity index is 1.65. The molecule has 0 aliphatic carbocycles. The Morgan fingerprint density at radius 2 is 1.90 bits per heavy atom. The van der Waals surface area contributed by atoms with Crippen molar-refractivity contribution in [3.05, 3.63) is 72.1 Å². The van der Waals surface area contributed by atoms with Crippen LogP contribution in [-0.2, 0) is 9.84 Å². The lowest BCUT2D eigenvalue weighted by molar-refractivity contribution is 0.102. The highest BCUT2D eigenvalue weighted by molar-refractivity contribution is 7.91. The summed E-state index contributed by atoms with van der Waals surface area (Å²) < 4.78 is 25.8. The van der Waals surface area contributed by atoms with E-state index in [1.165, 1.54) is 31.3 Å². The molecule has 158 valence electrons. The van der Waals surface area contributed by atoms with Crippen LogP contribution >= 0.6 is 0 Å². The van der Waals surface area contributed by atoms with Crippen LogP contribution in [0.3, 0.4) is 0 Å². The number of benzene rings is 2. The number of pyridine rings is 1. The van der Waals surface area contributed by atoms with Gasteiger partial charge in [0.15, 0.2) is 15.7 Å². The number of carbonyl (C=O) groups is 1. The first-order valence-corrected chi connectivity index (χ1v) is 11.2. The molecule has 0 unspecified atom stereocenters. The van der Waals surface area contributed by atoms with Crippen molar-refractivity contribution >= 4 is 32.3 Å². The number of carbonyl (C=O) groups excluding carboxylic acids is 1. The lowest BCUT2D eigenvalue weighted by Gasteiger charge is -2.10. The van der Waals surface area contributed by atoms with Gasteiger partial charge in [0.2, 0.25) is 0 Å². The number of amides is 1. The first-order chi connectivity index (χ1) is 14.8. The number of aromatic nitrogens is 3. The minimum Gasteiger partial charge on any atom is -0.506 e. The van der Waals surface area contributed by atoms with E-state index in [1.807, 2.05) is 36.4 Å². The number of sulfone groups is 1.